The Balaban J connectivity index is 1.56. The molecule has 4 rings (SSSR count). The van der Waals surface area contributed by atoms with Crippen LogP contribution < -0.4 is 20.4 Å². The zero-order valence-electron chi connectivity index (χ0n) is 17.0. The van der Waals surface area contributed by atoms with E-state index in [1.165, 1.54) is 17.0 Å². The van der Waals surface area contributed by atoms with Crippen LogP contribution in [0.3, 0.4) is 0 Å². The van der Waals surface area contributed by atoms with Gasteiger partial charge in [0, 0.05) is 19.6 Å². The van der Waals surface area contributed by atoms with Crippen molar-refractivity contribution in [1.82, 2.24) is 15.3 Å². The van der Waals surface area contributed by atoms with Crippen LogP contribution in [0.4, 0.5) is 39.7 Å². The largest absolute Gasteiger partial charge is 0.393 e. The summed E-state index contributed by atoms with van der Waals surface area (Å²) in [7, 11) is 0. The molecule has 3 amide bonds. The van der Waals surface area contributed by atoms with Gasteiger partial charge in [0.25, 0.3) is 5.91 Å². The van der Waals surface area contributed by atoms with Gasteiger partial charge in [-0.1, -0.05) is 6.92 Å². The Morgan fingerprint density at radius 1 is 1.25 bits per heavy atom. The summed E-state index contributed by atoms with van der Waals surface area (Å²) in [4.78, 5) is 37.0. The number of amides is 3. The molecule has 2 bridgehead atoms. The molecule has 0 aliphatic carbocycles. The first-order chi connectivity index (χ1) is 15.1. The van der Waals surface area contributed by atoms with Gasteiger partial charge in [-0.3, -0.25) is 15.0 Å². The third-order valence-electron chi connectivity index (χ3n) is 5.49. The molecule has 0 spiro atoms. The van der Waals surface area contributed by atoms with E-state index in [9.17, 15) is 27.2 Å². The van der Waals surface area contributed by atoms with E-state index in [0.29, 0.717) is 25.2 Å². The number of nitrogens with zero attached hydrogens (tertiary/aromatic N) is 4. The van der Waals surface area contributed by atoms with E-state index < -0.39 is 36.4 Å². The van der Waals surface area contributed by atoms with Crippen molar-refractivity contribution < 1.29 is 27.2 Å². The van der Waals surface area contributed by atoms with E-state index in [1.54, 1.807) is 6.07 Å². The highest BCUT2D eigenvalue weighted by atomic mass is 19.4. The van der Waals surface area contributed by atoms with Crippen molar-refractivity contribution in [2.45, 2.75) is 25.6 Å². The number of hydrogen-bond donors (Lipinski definition) is 2. The molecule has 0 aromatic carbocycles. The zero-order valence-corrected chi connectivity index (χ0v) is 17.0. The topological polar surface area (TPSA) is 90.5 Å². The molecule has 32 heavy (non-hydrogen) atoms. The third-order valence-corrected chi connectivity index (χ3v) is 5.49. The van der Waals surface area contributed by atoms with E-state index in [4.69, 9.17) is 0 Å². The van der Waals surface area contributed by atoms with Gasteiger partial charge in [0.05, 0.1) is 23.8 Å². The molecule has 2 aromatic rings. The fraction of sp³-hybridized carbons (Fsp3) is 0.400. The lowest BCUT2D eigenvalue weighted by atomic mass is 10.1. The van der Waals surface area contributed by atoms with Gasteiger partial charge >= 0.3 is 12.2 Å². The first-order valence-electron chi connectivity index (χ1n) is 9.96. The first kappa shape index (κ1) is 21.8. The van der Waals surface area contributed by atoms with Crippen LogP contribution in [0.15, 0.2) is 30.5 Å². The zero-order chi connectivity index (χ0) is 23.0. The van der Waals surface area contributed by atoms with Gasteiger partial charge in [-0.25, -0.2) is 19.2 Å². The molecule has 0 radical (unpaired) electrons. The lowest BCUT2D eigenvalue weighted by molar-refractivity contribution is -0.167. The van der Waals surface area contributed by atoms with Gasteiger partial charge in [-0.2, -0.15) is 13.2 Å². The monoisotopic (exact) mass is 452 g/mol. The second-order valence-electron chi connectivity index (χ2n) is 7.74. The summed E-state index contributed by atoms with van der Waals surface area (Å²) in [6.45, 7) is 1.65. The molecule has 2 atom stereocenters. The molecule has 2 aliphatic heterocycles. The average Bonchev–Trinajstić information content (AvgIpc) is 3.16. The SMILES string of the molecule is CC(CNC(=O)c1ccc2c(n1)N(C(=O)Nc1ccc(F)cn1)C1CCN2C1)C(F)(F)F. The Morgan fingerprint density at radius 2 is 2.03 bits per heavy atom. The number of aromatic nitrogens is 2. The number of halogens is 4. The molecule has 0 saturated carbocycles. The highest BCUT2D eigenvalue weighted by molar-refractivity contribution is 6.05. The molecule has 4 heterocycles. The van der Waals surface area contributed by atoms with E-state index in [2.05, 4.69) is 20.6 Å². The van der Waals surface area contributed by atoms with Crippen LogP contribution in [0.2, 0.25) is 0 Å². The predicted octanol–water partition coefficient (Wildman–Crippen LogP) is 3.17. The molecule has 1 fully saturated rings. The van der Waals surface area contributed by atoms with Crippen LogP contribution in [-0.2, 0) is 0 Å². The lowest BCUT2D eigenvalue weighted by Gasteiger charge is -2.35. The summed E-state index contributed by atoms with van der Waals surface area (Å²) >= 11 is 0. The highest BCUT2D eigenvalue weighted by Gasteiger charge is 2.41. The van der Waals surface area contributed by atoms with Crippen molar-refractivity contribution in [1.29, 1.82) is 0 Å². The Bertz CT molecular complexity index is 1030. The molecular formula is C20H20F4N6O2. The van der Waals surface area contributed by atoms with Gasteiger partial charge in [-0.15, -0.1) is 0 Å². The summed E-state index contributed by atoms with van der Waals surface area (Å²) in [5.41, 5.74) is 0.541. The average molecular weight is 452 g/mol. The summed E-state index contributed by atoms with van der Waals surface area (Å²) in [6.07, 6.45) is -2.78. The molecule has 2 unspecified atom stereocenters. The standard InChI is InChI=1S/C20H20F4N6O2/c1-11(20(22,23)24)8-26-18(31)14-3-4-15-17(27-14)30(13-6-7-29(15)10-13)19(32)28-16-5-2-12(21)9-25-16/h2-5,9,11,13H,6-8,10H2,1H3,(H,26,31)(H,25,28,32). The fourth-order valence-electron chi connectivity index (χ4n) is 3.67. The van der Waals surface area contributed by atoms with Gasteiger partial charge in [0.15, 0.2) is 5.82 Å². The van der Waals surface area contributed by atoms with Gasteiger partial charge in [0.2, 0.25) is 0 Å². The molecule has 170 valence electrons. The lowest BCUT2D eigenvalue weighted by Crippen LogP contribution is -2.48. The molecule has 12 heteroatoms. The van der Waals surface area contributed by atoms with Crippen molar-refractivity contribution in [3.8, 4) is 0 Å². The number of urea groups is 1. The summed E-state index contributed by atoms with van der Waals surface area (Å²) in [5, 5.41) is 4.83. The van der Waals surface area contributed by atoms with E-state index >= 15 is 0 Å². The Morgan fingerprint density at radius 3 is 2.72 bits per heavy atom. The smallest absolute Gasteiger partial charge is 0.366 e. The van der Waals surface area contributed by atoms with Crippen LogP contribution in [-0.4, -0.2) is 53.8 Å². The van der Waals surface area contributed by atoms with Gasteiger partial charge in [-0.05, 0) is 30.7 Å². The Hall–Kier alpha value is -3.44. The minimum Gasteiger partial charge on any atom is -0.366 e. The molecule has 2 aromatic heterocycles. The third kappa shape index (κ3) is 4.30. The van der Waals surface area contributed by atoms with Crippen LogP contribution in [0, 0.1) is 11.7 Å². The minimum atomic E-state index is -4.42. The number of alkyl halides is 3. The van der Waals surface area contributed by atoms with Crippen molar-refractivity contribution in [3.05, 3.63) is 42.0 Å². The van der Waals surface area contributed by atoms with E-state index in [0.717, 1.165) is 19.2 Å². The second-order valence-corrected chi connectivity index (χ2v) is 7.74. The number of carbonyl (C=O) groups is 2. The Kier molecular flexibility index (Phi) is 5.61. The van der Waals surface area contributed by atoms with Crippen LogP contribution in [0.25, 0.3) is 0 Å². The number of hydrogen-bond acceptors (Lipinski definition) is 5. The maximum Gasteiger partial charge on any atom is 0.393 e. The van der Waals surface area contributed by atoms with Crippen LogP contribution >= 0.6 is 0 Å². The number of carbonyl (C=O) groups excluding carboxylic acids is 2. The molecular weight excluding hydrogens is 432 g/mol. The molecule has 2 N–H and O–H groups in total. The van der Waals surface area contributed by atoms with Crippen molar-refractivity contribution in [3.63, 3.8) is 0 Å². The normalized spacial score (nSPS) is 18.2. The predicted molar refractivity (Wildman–Crippen MR) is 108 cm³/mol. The van der Waals surface area contributed by atoms with Crippen LogP contribution in [0.5, 0.6) is 0 Å². The minimum absolute atomic E-state index is 0.0988. The number of rotatable bonds is 4. The number of pyridine rings is 2. The molecule has 8 nitrogen and oxygen atoms in total. The quantitative estimate of drug-likeness (QED) is 0.696. The maximum absolute atomic E-state index is 13.1. The van der Waals surface area contributed by atoms with Gasteiger partial charge < -0.3 is 10.2 Å². The second kappa shape index (κ2) is 8.24. The van der Waals surface area contributed by atoms with Crippen LogP contribution in [0.1, 0.15) is 23.8 Å². The summed E-state index contributed by atoms with van der Waals surface area (Å²) in [6, 6.07) is 4.77. The number of fused-ring (bicyclic) bond motifs is 4. The van der Waals surface area contributed by atoms with Crippen molar-refractivity contribution in [2.24, 2.45) is 5.92 Å². The van der Waals surface area contributed by atoms with Crippen molar-refractivity contribution in [2.75, 3.05) is 34.8 Å². The summed E-state index contributed by atoms with van der Waals surface area (Å²) < 4.78 is 51.2. The Labute approximate surface area is 180 Å². The fourth-order valence-corrected chi connectivity index (χ4v) is 3.67. The maximum atomic E-state index is 13.1. The van der Waals surface area contributed by atoms with E-state index in [-0.39, 0.29) is 23.4 Å². The van der Waals surface area contributed by atoms with E-state index in [1.807, 2.05) is 4.90 Å². The summed E-state index contributed by atoms with van der Waals surface area (Å²) in [5.74, 6) is -2.65. The highest BCUT2D eigenvalue weighted by Crippen LogP contribution is 2.39. The first-order valence-corrected chi connectivity index (χ1v) is 9.96. The number of anilines is 3. The van der Waals surface area contributed by atoms with Gasteiger partial charge in [0.1, 0.15) is 17.3 Å². The molecule has 2 aliphatic rings. The van der Waals surface area contributed by atoms with Crippen molar-refractivity contribution >= 4 is 29.3 Å². The molecule has 1 saturated heterocycles. The number of nitrogens with one attached hydrogen (secondary N) is 2.